The zero-order valence-electron chi connectivity index (χ0n) is 16.3. The van der Waals surface area contributed by atoms with Crippen molar-refractivity contribution in [1.29, 1.82) is 0 Å². The van der Waals surface area contributed by atoms with Crippen LogP contribution >= 0.6 is 11.6 Å². The molecule has 0 unspecified atom stereocenters. The standard InChI is InChI=1S/C20H22ClN3O5S/c1-14(19(22)25)29-20(26)17-13-16(7-8-18(17)21)30(27,28)24-11-9-23(10-12-24)15-5-3-2-4-6-15/h2-8,13-14H,9-12H2,1H3,(H2,22,25)/t14-/m0/s1. The molecule has 160 valence electrons. The molecule has 0 radical (unpaired) electrons. The summed E-state index contributed by atoms with van der Waals surface area (Å²) in [5, 5.41) is 0.0181. The van der Waals surface area contributed by atoms with E-state index in [0.29, 0.717) is 26.2 Å². The number of carbonyl (C=O) groups excluding carboxylic acids is 2. The van der Waals surface area contributed by atoms with Crippen LogP contribution in [0.1, 0.15) is 17.3 Å². The minimum Gasteiger partial charge on any atom is -0.449 e. The van der Waals surface area contributed by atoms with E-state index < -0.39 is 28.0 Å². The Kier molecular flexibility index (Phi) is 6.64. The number of hydrogen-bond acceptors (Lipinski definition) is 6. The van der Waals surface area contributed by atoms with Crippen molar-refractivity contribution >= 4 is 39.2 Å². The summed E-state index contributed by atoms with van der Waals surface area (Å²) in [4.78, 5) is 25.5. The molecule has 1 amide bonds. The van der Waals surface area contributed by atoms with Gasteiger partial charge in [0.1, 0.15) is 0 Å². The number of para-hydroxylation sites is 1. The summed E-state index contributed by atoms with van der Waals surface area (Å²) < 4.78 is 32.5. The monoisotopic (exact) mass is 451 g/mol. The second-order valence-electron chi connectivity index (χ2n) is 6.82. The molecule has 3 rings (SSSR count). The van der Waals surface area contributed by atoms with E-state index in [4.69, 9.17) is 22.1 Å². The first-order valence-corrected chi connectivity index (χ1v) is 11.1. The zero-order valence-corrected chi connectivity index (χ0v) is 17.9. The third-order valence-corrected chi connectivity index (χ3v) is 7.06. The van der Waals surface area contributed by atoms with Crippen LogP contribution in [-0.2, 0) is 19.6 Å². The van der Waals surface area contributed by atoms with Crippen molar-refractivity contribution < 1.29 is 22.7 Å². The highest BCUT2D eigenvalue weighted by molar-refractivity contribution is 7.89. The summed E-state index contributed by atoms with van der Waals surface area (Å²) >= 11 is 6.04. The van der Waals surface area contributed by atoms with E-state index in [9.17, 15) is 18.0 Å². The van der Waals surface area contributed by atoms with Gasteiger partial charge in [0.05, 0.1) is 15.5 Å². The van der Waals surface area contributed by atoms with Crippen LogP contribution in [0.5, 0.6) is 0 Å². The SMILES string of the molecule is C[C@H](OC(=O)c1cc(S(=O)(=O)N2CCN(c3ccccc3)CC2)ccc1Cl)C(N)=O. The molecule has 0 spiro atoms. The number of anilines is 1. The van der Waals surface area contributed by atoms with Crippen molar-refractivity contribution in [3.63, 3.8) is 0 Å². The molecule has 2 aromatic carbocycles. The van der Waals surface area contributed by atoms with Gasteiger partial charge in [0.2, 0.25) is 10.0 Å². The number of nitrogens with two attached hydrogens (primary N) is 1. The molecule has 2 aromatic rings. The molecule has 1 fully saturated rings. The Bertz CT molecular complexity index is 1040. The lowest BCUT2D eigenvalue weighted by molar-refractivity contribution is -0.125. The van der Waals surface area contributed by atoms with Crippen molar-refractivity contribution in [2.75, 3.05) is 31.1 Å². The minimum atomic E-state index is -3.84. The Morgan fingerprint density at radius 3 is 2.30 bits per heavy atom. The van der Waals surface area contributed by atoms with Gasteiger partial charge in [-0.2, -0.15) is 4.31 Å². The summed E-state index contributed by atoms with van der Waals surface area (Å²) in [6.07, 6.45) is -1.17. The quantitative estimate of drug-likeness (QED) is 0.671. The Morgan fingerprint density at radius 1 is 1.07 bits per heavy atom. The number of esters is 1. The van der Waals surface area contributed by atoms with Crippen molar-refractivity contribution in [3.8, 4) is 0 Å². The summed E-state index contributed by atoms with van der Waals surface area (Å²) in [5.41, 5.74) is 5.99. The molecule has 0 aliphatic carbocycles. The van der Waals surface area contributed by atoms with E-state index in [1.807, 2.05) is 30.3 Å². The van der Waals surface area contributed by atoms with Gasteiger partial charge >= 0.3 is 5.97 Å². The third-order valence-electron chi connectivity index (χ3n) is 4.84. The van der Waals surface area contributed by atoms with Crippen LogP contribution in [0.2, 0.25) is 5.02 Å². The van der Waals surface area contributed by atoms with Gasteiger partial charge in [-0.15, -0.1) is 0 Å². The van der Waals surface area contributed by atoms with E-state index in [0.717, 1.165) is 11.8 Å². The lowest BCUT2D eigenvalue weighted by atomic mass is 10.2. The van der Waals surface area contributed by atoms with E-state index in [2.05, 4.69) is 4.90 Å². The van der Waals surface area contributed by atoms with Crippen molar-refractivity contribution in [2.24, 2.45) is 5.73 Å². The number of benzene rings is 2. The molecule has 1 aliphatic heterocycles. The van der Waals surface area contributed by atoms with Gasteiger partial charge in [-0.05, 0) is 37.3 Å². The molecule has 30 heavy (non-hydrogen) atoms. The topological polar surface area (TPSA) is 110 Å². The largest absolute Gasteiger partial charge is 0.449 e. The molecule has 1 heterocycles. The lowest BCUT2D eigenvalue weighted by Crippen LogP contribution is -2.48. The summed E-state index contributed by atoms with van der Waals surface area (Å²) in [6.45, 7) is 3.02. The second kappa shape index (κ2) is 9.03. The molecule has 10 heteroatoms. The normalized spacial score (nSPS) is 16.1. The van der Waals surface area contributed by atoms with Crippen LogP contribution in [0.25, 0.3) is 0 Å². The number of piperazine rings is 1. The number of primary amides is 1. The maximum atomic E-state index is 13.1. The molecule has 1 atom stereocenters. The predicted molar refractivity (Wildman–Crippen MR) is 113 cm³/mol. The maximum absolute atomic E-state index is 13.1. The summed E-state index contributed by atoms with van der Waals surface area (Å²) in [5.74, 6) is -1.74. The van der Waals surface area contributed by atoms with Crippen LogP contribution in [0.3, 0.4) is 0 Å². The highest BCUT2D eigenvalue weighted by Gasteiger charge is 2.30. The number of carbonyl (C=O) groups is 2. The number of hydrogen-bond donors (Lipinski definition) is 1. The van der Waals surface area contributed by atoms with E-state index >= 15 is 0 Å². The highest BCUT2D eigenvalue weighted by Crippen LogP contribution is 2.25. The van der Waals surface area contributed by atoms with Gasteiger partial charge in [-0.3, -0.25) is 4.79 Å². The van der Waals surface area contributed by atoms with Crippen LogP contribution in [-0.4, -0.2) is 56.9 Å². The van der Waals surface area contributed by atoms with Crippen LogP contribution < -0.4 is 10.6 Å². The first-order valence-electron chi connectivity index (χ1n) is 9.30. The van der Waals surface area contributed by atoms with Gasteiger partial charge in [-0.25, -0.2) is 13.2 Å². The summed E-state index contributed by atoms with van der Waals surface area (Å²) in [7, 11) is -3.84. The number of amides is 1. The first-order chi connectivity index (χ1) is 14.2. The number of sulfonamides is 1. The molecule has 1 aliphatic rings. The molecule has 0 saturated carbocycles. The molecular formula is C20H22ClN3O5S. The van der Waals surface area contributed by atoms with Crippen LogP contribution in [0, 0.1) is 0 Å². The molecule has 2 N–H and O–H groups in total. The molecule has 1 saturated heterocycles. The average Bonchev–Trinajstić information content (AvgIpc) is 2.74. The maximum Gasteiger partial charge on any atom is 0.340 e. The smallest absolute Gasteiger partial charge is 0.340 e. The Labute approximate surface area is 180 Å². The van der Waals surface area contributed by atoms with Gasteiger partial charge in [0.25, 0.3) is 5.91 Å². The third kappa shape index (κ3) is 4.75. The zero-order chi connectivity index (χ0) is 21.9. The highest BCUT2D eigenvalue weighted by atomic mass is 35.5. The van der Waals surface area contributed by atoms with Gasteiger partial charge in [0.15, 0.2) is 6.10 Å². The van der Waals surface area contributed by atoms with Gasteiger partial charge in [0, 0.05) is 31.9 Å². The predicted octanol–water partition coefficient (Wildman–Crippen LogP) is 1.88. The Hall–Kier alpha value is -2.62. The van der Waals surface area contributed by atoms with Crippen LogP contribution in [0.15, 0.2) is 53.4 Å². The average molecular weight is 452 g/mol. The van der Waals surface area contributed by atoms with Crippen molar-refractivity contribution in [2.45, 2.75) is 17.9 Å². The number of ether oxygens (including phenoxy) is 1. The second-order valence-corrected chi connectivity index (χ2v) is 9.16. The van der Waals surface area contributed by atoms with Gasteiger partial charge in [-0.1, -0.05) is 29.8 Å². The number of nitrogens with zero attached hydrogens (tertiary/aromatic N) is 2. The fourth-order valence-corrected chi connectivity index (χ4v) is 4.72. The van der Waals surface area contributed by atoms with E-state index in [1.165, 1.54) is 23.4 Å². The fourth-order valence-electron chi connectivity index (χ4n) is 3.08. The lowest BCUT2D eigenvalue weighted by Gasteiger charge is -2.35. The molecular weight excluding hydrogens is 430 g/mol. The van der Waals surface area contributed by atoms with Crippen molar-refractivity contribution in [1.82, 2.24) is 4.31 Å². The molecule has 0 aromatic heterocycles. The Morgan fingerprint density at radius 2 is 1.70 bits per heavy atom. The van der Waals surface area contributed by atoms with E-state index in [1.54, 1.807) is 0 Å². The van der Waals surface area contributed by atoms with Gasteiger partial charge < -0.3 is 15.4 Å². The fraction of sp³-hybridized carbons (Fsp3) is 0.300. The number of halogens is 1. The first kappa shape index (κ1) is 22.1. The van der Waals surface area contributed by atoms with E-state index in [-0.39, 0.29) is 15.5 Å². The number of rotatable bonds is 6. The summed E-state index contributed by atoms with van der Waals surface area (Å²) in [6, 6.07) is 13.6. The minimum absolute atomic E-state index is 0.0181. The Balaban J connectivity index is 1.76. The van der Waals surface area contributed by atoms with Crippen molar-refractivity contribution in [3.05, 3.63) is 59.1 Å². The van der Waals surface area contributed by atoms with Crippen LogP contribution in [0.4, 0.5) is 5.69 Å². The molecule has 8 nitrogen and oxygen atoms in total. The molecule has 0 bridgehead atoms.